The van der Waals surface area contributed by atoms with Crippen molar-refractivity contribution in [2.24, 2.45) is 0 Å². The van der Waals surface area contributed by atoms with Crippen LogP contribution in [0.2, 0.25) is 0 Å². The number of anilines is 1. The zero-order valence-electron chi connectivity index (χ0n) is 10.6. The first-order valence-electron chi connectivity index (χ1n) is 6.07. The van der Waals surface area contributed by atoms with Crippen LogP contribution in [-0.4, -0.2) is 10.9 Å². The van der Waals surface area contributed by atoms with Gasteiger partial charge in [0.1, 0.15) is 0 Å². The molecule has 0 aliphatic rings. The number of benzene rings is 1. The van der Waals surface area contributed by atoms with Gasteiger partial charge in [0.25, 0.3) is 0 Å². The van der Waals surface area contributed by atoms with E-state index in [1.807, 2.05) is 12.3 Å². The maximum absolute atomic E-state index is 11.3. The van der Waals surface area contributed by atoms with E-state index >= 15 is 0 Å². The van der Waals surface area contributed by atoms with Crippen LogP contribution in [0.5, 0.6) is 0 Å². The molecule has 0 bridgehead atoms. The molecule has 0 aliphatic heterocycles. The molecule has 3 nitrogen and oxygen atoms in total. The summed E-state index contributed by atoms with van der Waals surface area (Å²) in [6.45, 7) is 3.96. The second-order valence-electron chi connectivity index (χ2n) is 3.99. The smallest absolute Gasteiger partial charge is 0.225 e. The summed E-state index contributed by atoms with van der Waals surface area (Å²) in [5.74, 6) is -0.00256. The molecule has 0 saturated carbocycles. The predicted molar refractivity (Wildman–Crippen MR) is 75.8 cm³/mol. The number of thiazole rings is 1. The SMILES string of the molecule is CCC(=O)Nc1nc(-c2ccc(CC)cc2)cs1. The minimum atomic E-state index is -0.00256. The lowest BCUT2D eigenvalue weighted by molar-refractivity contribution is -0.115. The van der Waals surface area contributed by atoms with E-state index in [9.17, 15) is 4.79 Å². The molecule has 0 spiro atoms. The number of aromatic nitrogens is 1. The summed E-state index contributed by atoms with van der Waals surface area (Å²) in [5.41, 5.74) is 3.31. The molecule has 0 unspecified atom stereocenters. The lowest BCUT2D eigenvalue weighted by Crippen LogP contribution is -2.08. The fourth-order valence-corrected chi connectivity index (χ4v) is 2.32. The standard InChI is InChI=1S/C14H16N2OS/c1-3-10-5-7-11(8-6-10)12-9-18-14(15-12)16-13(17)4-2/h5-9H,3-4H2,1-2H3,(H,15,16,17). The van der Waals surface area contributed by atoms with Crippen LogP contribution in [0.3, 0.4) is 0 Å². The van der Waals surface area contributed by atoms with Crippen molar-refractivity contribution in [3.63, 3.8) is 0 Å². The van der Waals surface area contributed by atoms with Crippen LogP contribution < -0.4 is 5.32 Å². The van der Waals surface area contributed by atoms with Crippen LogP contribution in [0, 0.1) is 0 Å². The fraction of sp³-hybridized carbons (Fsp3) is 0.286. The summed E-state index contributed by atoms with van der Waals surface area (Å²) in [7, 11) is 0. The van der Waals surface area contributed by atoms with Crippen molar-refractivity contribution in [2.75, 3.05) is 5.32 Å². The van der Waals surface area contributed by atoms with Gasteiger partial charge < -0.3 is 5.32 Å². The third-order valence-corrected chi connectivity index (χ3v) is 3.49. The molecule has 4 heteroatoms. The Morgan fingerprint density at radius 2 is 2.00 bits per heavy atom. The first-order chi connectivity index (χ1) is 8.72. The number of amides is 1. The van der Waals surface area contributed by atoms with E-state index < -0.39 is 0 Å². The quantitative estimate of drug-likeness (QED) is 0.910. The van der Waals surface area contributed by atoms with Crippen molar-refractivity contribution in [3.05, 3.63) is 35.2 Å². The van der Waals surface area contributed by atoms with Gasteiger partial charge in [0, 0.05) is 17.4 Å². The minimum absolute atomic E-state index is 0.00256. The first kappa shape index (κ1) is 12.8. The Balaban J connectivity index is 2.15. The Kier molecular flexibility index (Phi) is 4.10. The van der Waals surface area contributed by atoms with Crippen molar-refractivity contribution < 1.29 is 4.79 Å². The molecule has 1 heterocycles. The number of carbonyl (C=O) groups excluding carboxylic acids is 1. The lowest BCUT2D eigenvalue weighted by atomic mass is 10.1. The fourth-order valence-electron chi connectivity index (χ4n) is 1.58. The third-order valence-electron chi connectivity index (χ3n) is 2.73. The first-order valence-corrected chi connectivity index (χ1v) is 6.95. The molecule has 2 aromatic rings. The number of aryl methyl sites for hydroxylation is 1. The Morgan fingerprint density at radius 1 is 1.28 bits per heavy atom. The molecule has 94 valence electrons. The second-order valence-corrected chi connectivity index (χ2v) is 4.85. The topological polar surface area (TPSA) is 42.0 Å². The Hall–Kier alpha value is -1.68. The number of rotatable bonds is 4. The molecule has 18 heavy (non-hydrogen) atoms. The van der Waals surface area contributed by atoms with Crippen molar-refractivity contribution in [3.8, 4) is 11.3 Å². The maximum Gasteiger partial charge on any atom is 0.225 e. The zero-order valence-corrected chi connectivity index (χ0v) is 11.4. The van der Waals surface area contributed by atoms with E-state index in [4.69, 9.17) is 0 Å². The second kappa shape index (κ2) is 5.78. The average Bonchev–Trinajstić information content (AvgIpc) is 2.87. The molecule has 0 saturated heterocycles. The molecular weight excluding hydrogens is 244 g/mol. The van der Waals surface area contributed by atoms with Gasteiger partial charge in [-0.05, 0) is 12.0 Å². The van der Waals surface area contributed by atoms with Crippen LogP contribution in [0.1, 0.15) is 25.8 Å². The summed E-state index contributed by atoms with van der Waals surface area (Å²) in [4.78, 5) is 15.7. The van der Waals surface area contributed by atoms with Crippen molar-refractivity contribution in [1.82, 2.24) is 4.98 Å². The number of carbonyl (C=O) groups is 1. The van der Waals surface area contributed by atoms with Crippen LogP contribution >= 0.6 is 11.3 Å². The number of hydrogen-bond donors (Lipinski definition) is 1. The average molecular weight is 260 g/mol. The van der Waals surface area contributed by atoms with Gasteiger partial charge in [-0.25, -0.2) is 4.98 Å². The molecule has 1 N–H and O–H groups in total. The van der Waals surface area contributed by atoms with Gasteiger partial charge in [-0.2, -0.15) is 0 Å². The Labute approximate surface area is 111 Å². The van der Waals surface area contributed by atoms with E-state index in [1.54, 1.807) is 0 Å². The highest BCUT2D eigenvalue weighted by atomic mass is 32.1. The van der Waals surface area contributed by atoms with Gasteiger partial charge in [-0.1, -0.05) is 38.1 Å². The highest BCUT2D eigenvalue weighted by Crippen LogP contribution is 2.25. The van der Waals surface area contributed by atoms with Gasteiger partial charge in [-0.3, -0.25) is 4.79 Å². The third kappa shape index (κ3) is 2.96. The molecule has 1 amide bonds. The summed E-state index contributed by atoms with van der Waals surface area (Å²) in [6, 6.07) is 8.36. The molecule has 0 fully saturated rings. The summed E-state index contributed by atoms with van der Waals surface area (Å²) in [6.07, 6.45) is 1.51. The Morgan fingerprint density at radius 3 is 2.61 bits per heavy atom. The molecular formula is C14H16N2OS. The summed E-state index contributed by atoms with van der Waals surface area (Å²) >= 11 is 1.45. The van der Waals surface area contributed by atoms with E-state index in [-0.39, 0.29) is 5.91 Å². The van der Waals surface area contributed by atoms with Gasteiger partial charge in [0.05, 0.1) is 5.69 Å². The van der Waals surface area contributed by atoms with Crippen LogP contribution in [0.25, 0.3) is 11.3 Å². The highest BCUT2D eigenvalue weighted by Gasteiger charge is 2.06. The molecule has 1 aromatic carbocycles. The van der Waals surface area contributed by atoms with Gasteiger partial charge in [0.2, 0.25) is 5.91 Å². The van der Waals surface area contributed by atoms with Crippen molar-refractivity contribution in [1.29, 1.82) is 0 Å². The summed E-state index contributed by atoms with van der Waals surface area (Å²) in [5, 5.41) is 5.40. The normalized spacial score (nSPS) is 10.3. The molecule has 1 aromatic heterocycles. The van der Waals surface area contributed by atoms with Gasteiger partial charge in [0.15, 0.2) is 5.13 Å². The van der Waals surface area contributed by atoms with E-state index in [1.165, 1.54) is 16.9 Å². The minimum Gasteiger partial charge on any atom is -0.302 e. The largest absolute Gasteiger partial charge is 0.302 e. The number of nitrogens with zero attached hydrogens (tertiary/aromatic N) is 1. The molecule has 0 atom stereocenters. The van der Waals surface area contributed by atoms with E-state index in [0.717, 1.165) is 17.7 Å². The predicted octanol–water partition coefficient (Wildman–Crippen LogP) is 3.72. The molecule has 0 aliphatic carbocycles. The Bertz CT molecular complexity index is 531. The van der Waals surface area contributed by atoms with Crippen molar-refractivity contribution in [2.45, 2.75) is 26.7 Å². The van der Waals surface area contributed by atoms with Crippen LogP contribution in [0.15, 0.2) is 29.6 Å². The van der Waals surface area contributed by atoms with Gasteiger partial charge in [-0.15, -0.1) is 11.3 Å². The van der Waals surface area contributed by atoms with E-state index in [0.29, 0.717) is 11.6 Å². The summed E-state index contributed by atoms with van der Waals surface area (Å²) < 4.78 is 0. The highest BCUT2D eigenvalue weighted by molar-refractivity contribution is 7.14. The van der Waals surface area contributed by atoms with E-state index in [2.05, 4.69) is 41.5 Å². The molecule has 0 radical (unpaired) electrons. The maximum atomic E-state index is 11.3. The molecule has 2 rings (SSSR count). The number of nitrogens with one attached hydrogen (secondary N) is 1. The van der Waals surface area contributed by atoms with Crippen LogP contribution in [-0.2, 0) is 11.2 Å². The van der Waals surface area contributed by atoms with Crippen LogP contribution in [0.4, 0.5) is 5.13 Å². The van der Waals surface area contributed by atoms with Crippen molar-refractivity contribution >= 4 is 22.4 Å². The zero-order chi connectivity index (χ0) is 13.0. The monoisotopic (exact) mass is 260 g/mol. The number of hydrogen-bond acceptors (Lipinski definition) is 3. The van der Waals surface area contributed by atoms with Gasteiger partial charge >= 0.3 is 0 Å². The lowest BCUT2D eigenvalue weighted by Gasteiger charge is -1.99.